The molecule has 0 aromatic carbocycles. The Labute approximate surface area is 93.4 Å². The second-order valence-electron chi connectivity index (χ2n) is 4.75. The average molecular weight is 212 g/mol. The van der Waals surface area contributed by atoms with Crippen LogP contribution in [0.5, 0.6) is 0 Å². The molecule has 15 heavy (non-hydrogen) atoms. The third-order valence-corrected chi connectivity index (χ3v) is 3.45. The van der Waals surface area contributed by atoms with Gasteiger partial charge in [-0.25, -0.2) is 0 Å². The Hall–Kier alpha value is -0.370. The van der Waals surface area contributed by atoms with Gasteiger partial charge in [0.1, 0.15) is 5.78 Å². The molecule has 88 valence electrons. The molecular weight excluding hydrogens is 188 g/mol. The van der Waals surface area contributed by atoms with E-state index in [1.807, 2.05) is 0 Å². The third kappa shape index (κ3) is 4.33. The molecule has 1 fully saturated rings. The van der Waals surface area contributed by atoms with Gasteiger partial charge >= 0.3 is 0 Å². The van der Waals surface area contributed by atoms with Gasteiger partial charge in [-0.15, -0.1) is 0 Å². The van der Waals surface area contributed by atoms with Crippen LogP contribution < -0.4 is 0 Å². The van der Waals surface area contributed by atoms with Crippen molar-refractivity contribution >= 4 is 5.78 Å². The number of rotatable bonds is 7. The highest BCUT2D eigenvalue weighted by atomic mass is 16.5. The molecule has 0 spiro atoms. The number of unbranched alkanes of at least 4 members (excludes halogenated alkanes) is 2. The number of ketones is 1. The van der Waals surface area contributed by atoms with Crippen LogP contribution in [0, 0.1) is 11.8 Å². The fourth-order valence-electron chi connectivity index (χ4n) is 2.49. The summed E-state index contributed by atoms with van der Waals surface area (Å²) in [6.07, 6.45) is 7.85. The summed E-state index contributed by atoms with van der Waals surface area (Å²) < 4.78 is 5.06. The number of carbonyl (C=O) groups excluding carboxylic acids is 1. The van der Waals surface area contributed by atoms with E-state index in [0.29, 0.717) is 17.6 Å². The monoisotopic (exact) mass is 212 g/mol. The number of Topliss-reactive ketones (excluding diaryl/α,β-unsaturated/α-hetero) is 1. The molecule has 0 aliphatic heterocycles. The fraction of sp³-hybridized carbons (Fsp3) is 0.923. The maximum atomic E-state index is 11.7. The standard InChI is InChI=1S/C13H24O2/c1-3-4-5-6-12-9-11(7-8-15-2)10-13(12)14/h11-12H,3-10H2,1-2H3. The van der Waals surface area contributed by atoms with Crippen LogP contribution in [0.4, 0.5) is 0 Å². The van der Waals surface area contributed by atoms with Gasteiger partial charge in [-0.3, -0.25) is 4.79 Å². The van der Waals surface area contributed by atoms with Crippen LogP contribution in [0.15, 0.2) is 0 Å². The van der Waals surface area contributed by atoms with Crippen molar-refractivity contribution in [3.05, 3.63) is 0 Å². The second kappa shape index (κ2) is 7.00. The summed E-state index contributed by atoms with van der Waals surface area (Å²) in [4.78, 5) is 11.7. The third-order valence-electron chi connectivity index (χ3n) is 3.45. The normalized spacial score (nSPS) is 26.1. The van der Waals surface area contributed by atoms with Gasteiger partial charge in [0.05, 0.1) is 0 Å². The predicted octanol–water partition coefficient (Wildman–Crippen LogP) is 3.20. The predicted molar refractivity (Wildman–Crippen MR) is 61.9 cm³/mol. The first-order valence-corrected chi connectivity index (χ1v) is 6.29. The molecule has 1 aliphatic rings. The smallest absolute Gasteiger partial charge is 0.136 e. The molecule has 2 heteroatoms. The molecule has 0 bridgehead atoms. The lowest BCUT2D eigenvalue weighted by Crippen LogP contribution is -2.05. The largest absolute Gasteiger partial charge is 0.385 e. The summed E-state index contributed by atoms with van der Waals surface area (Å²) in [7, 11) is 1.73. The fourth-order valence-corrected chi connectivity index (χ4v) is 2.49. The Bertz CT molecular complexity index is 189. The van der Waals surface area contributed by atoms with Crippen molar-refractivity contribution in [2.45, 2.75) is 51.9 Å². The van der Waals surface area contributed by atoms with Crippen LogP contribution in [-0.2, 0) is 9.53 Å². The van der Waals surface area contributed by atoms with Crippen LogP contribution in [0.1, 0.15) is 51.9 Å². The minimum Gasteiger partial charge on any atom is -0.385 e. The molecule has 1 saturated carbocycles. The molecule has 0 N–H and O–H groups in total. The van der Waals surface area contributed by atoms with Crippen LogP contribution in [-0.4, -0.2) is 19.5 Å². The second-order valence-corrected chi connectivity index (χ2v) is 4.75. The molecule has 0 heterocycles. The Morgan fingerprint density at radius 2 is 2.13 bits per heavy atom. The zero-order chi connectivity index (χ0) is 11.1. The molecule has 2 unspecified atom stereocenters. The van der Waals surface area contributed by atoms with E-state index in [-0.39, 0.29) is 0 Å². The van der Waals surface area contributed by atoms with E-state index in [1.165, 1.54) is 19.3 Å². The van der Waals surface area contributed by atoms with Gasteiger partial charge in [0.15, 0.2) is 0 Å². The molecule has 0 saturated heterocycles. The molecule has 0 aromatic rings. The van der Waals surface area contributed by atoms with E-state index in [0.717, 1.165) is 32.3 Å². The van der Waals surface area contributed by atoms with Crippen molar-refractivity contribution in [1.29, 1.82) is 0 Å². The molecule has 1 aliphatic carbocycles. The number of ether oxygens (including phenoxy) is 1. The van der Waals surface area contributed by atoms with Crippen molar-refractivity contribution in [3.63, 3.8) is 0 Å². The Balaban J connectivity index is 2.20. The van der Waals surface area contributed by atoms with Gasteiger partial charge in [0, 0.05) is 26.1 Å². The maximum absolute atomic E-state index is 11.7. The van der Waals surface area contributed by atoms with Crippen molar-refractivity contribution in [2.24, 2.45) is 11.8 Å². The Kier molecular flexibility index (Phi) is 5.92. The molecule has 0 radical (unpaired) electrons. The topological polar surface area (TPSA) is 26.3 Å². The van der Waals surface area contributed by atoms with Gasteiger partial charge in [0.2, 0.25) is 0 Å². The Morgan fingerprint density at radius 1 is 1.33 bits per heavy atom. The van der Waals surface area contributed by atoms with Gasteiger partial charge in [-0.1, -0.05) is 26.2 Å². The van der Waals surface area contributed by atoms with Gasteiger partial charge in [-0.2, -0.15) is 0 Å². The van der Waals surface area contributed by atoms with Crippen molar-refractivity contribution in [2.75, 3.05) is 13.7 Å². The highest BCUT2D eigenvalue weighted by Crippen LogP contribution is 2.33. The van der Waals surface area contributed by atoms with E-state index >= 15 is 0 Å². The van der Waals surface area contributed by atoms with Gasteiger partial charge in [0.25, 0.3) is 0 Å². The lowest BCUT2D eigenvalue weighted by molar-refractivity contribution is -0.121. The minimum atomic E-state index is 0.374. The summed E-state index contributed by atoms with van der Waals surface area (Å²) in [6, 6.07) is 0. The minimum absolute atomic E-state index is 0.374. The van der Waals surface area contributed by atoms with Crippen molar-refractivity contribution < 1.29 is 9.53 Å². The maximum Gasteiger partial charge on any atom is 0.136 e. The van der Waals surface area contributed by atoms with Crippen LogP contribution in [0.3, 0.4) is 0 Å². The highest BCUT2D eigenvalue weighted by molar-refractivity contribution is 5.83. The molecule has 0 aromatic heterocycles. The molecular formula is C13H24O2. The summed E-state index contributed by atoms with van der Waals surface area (Å²) in [5, 5.41) is 0. The van der Waals surface area contributed by atoms with Gasteiger partial charge in [-0.05, 0) is 25.2 Å². The molecule has 2 nitrogen and oxygen atoms in total. The SMILES string of the molecule is CCCCCC1CC(CCOC)CC1=O. The summed E-state index contributed by atoms with van der Waals surface area (Å²) in [5.74, 6) is 1.48. The zero-order valence-electron chi connectivity index (χ0n) is 10.1. The quantitative estimate of drug-likeness (QED) is 0.606. The van der Waals surface area contributed by atoms with Crippen molar-refractivity contribution in [1.82, 2.24) is 0 Å². The summed E-state index contributed by atoms with van der Waals surface area (Å²) in [5.41, 5.74) is 0. The number of hydrogen-bond acceptors (Lipinski definition) is 2. The number of carbonyl (C=O) groups is 1. The molecule has 2 atom stereocenters. The first kappa shape index (κ1) is 12.7. The average Bonchev–Trinajstić information content (AvgIpc) is 2.57. The van der Waals surface area contributed by atoms with E-state index in [4.69, 9.17) is 4.74 Å². The summed E-state index contributed by atoms with van der Waals surface area (Å²) >= 11 is 0. The first-order valence-electron chi connectivity index (χ1n) is 6.29. The van der Waals surface area contributed by atoms with E-state index in [9.17, 15) is 4.79 Å². The number of hydrogen-bond donors (Lipinski definition) is 0. The van der Waals surface area contributed by atoms with Crippen molar-refractivity contribution in [3.8, 4) is 0 Å². The highest BCUT2D eigenvalue weighted by Gasteiger charge is 2.31. The zero-order valence-corrected chi connectivity index (χ0v) is 10.1. The van der Waals surface area contributed by atoms with E-state index < -0.39 is 0 Å². The number of methoxy groups -OCH3 is 1. The van der Waals surface area contributed by atoms with Crippen LogP contribution in [0.25, 0.3) is 0 Å². The van der Waals surface area contributed by atoms with E-state index in [1.54, 1.807) is 7.11 Å². The summed E-state index contributed by atoms with van der Waals surface area (Å²) in [6.45, 7) is 3.01. The molecule has 1 rings (SSSR count). The first-order chi connectivity index (χ1) is 7.27. The van der Waals surface area contributed by atoms with E-state index in [2.05, 4.69) is 6.92 Å². The Morgan fingerprint density at radius 3 is 2.80 bits per heavy atom. The lowest BCUT2D eigenvalue weighted by atomic mass is 9.97. The van der Waals surface area contributed by atoms with Gasteiger partial charge < -0.3 is 4.74 Å². The lowest BCUT2D eigenvalue weighted by Gasteiger charge is -2.09. The van der Waals surface area contributed by atoms with Crippen LogP contribution in [0.2, 0.25) is 0 Å². The molecule has 0 amide bonds. The van der Waals surface area contributed by atoms with Crippen LogP contribution >= 0.6 is 0 Å².